The highest BCUT2D eigenvalue weighted by Crippen LogP contribution is 2.09. The smallest absolute Gasteiger partial charge is 0.220 e. The van der Waals surface area contributed by atoms with Crippen LogP contribution in [0.1, 0.15) is 96.8 Å². The van der Waals surface area contributed by atoms with Crippen LogP contribution in [0.5, 0.6) is 0 Å². The molecule has 1 amide bonds. The van der Waals surface area contributed by atoms with Crippen LogP contribution < -0.4 is 5.32 Å². The summed E-state index contributed by atoms with van der Waals surface area (Å²) < 4.78 is 5.09. The van der Waals surface area contributed by atoms with Gasteiger partial charge in [-0.1, -0.05) is 70.4 Å². The van der Waals surface area contributed by atoms with E-state index in [-0.39, 0.29) is 12.5 Å². The fraction of sp³-hybridized carbons (Fsp3) is 0.864. The molecule has 0 heterocycles. The molecular formula is C22H43NO3. The molecule has 0 radical (unpaired) electrons. The maximum absolute atomic E-state index is 11.6. The fourth-order valence-electron chi connectivity index (χ4n) is 2.87. The predicted octanol–water partition coefficient (Wildman–Crippen LogP) is 5.15. The normalized spacial score (nSPS) is 11.3. The van der Waals surface area contributed by atoms with Crippen molar-refractivity contribution in [2.45, 2.75) is 96.8 Å². The Balaban J connectivity index is 3.18. The maximum Gasteiger partial charge on any atom is 0.220 e. The van der Waals surface area contributed by atoms with Gasteiger partial charge in [0.1, 0.15) is 0 Å². The number of unbranched alkanes of at least 4 members (excludes halogenated alkanes) is 11. The van der Waals surface area contributed by atoms with E-state index in [9.17, 15) is 4.79 Å². The molecule has 4 nitrogen and oxygen atoms in total. The van der Waals surface area contributed by atoms with Crippen LogP contribution >= 0.6 is 0 Å². The summed E-state index contributed by atoms with van der Waals surface area (Å²) in [6, 6.07) is 0. The van der Waals surface area contributed by atoms with E-state index in [4.69, 9.17) is 9.84 Å². The molecule has 0 saturated heterocycles. The second-order valence-electron chi connectivity index (χ2n) is 7.02. The third-order valence-corrected chi connectivity index (χ3v) is 4.47. The molecule has 26 heavy (non-hydrogen) atoms. The maximum atomic E-state index is 11.6. The van der Waals surface area contributed by atoms with Crippen molar-refractivity contribution in [2.24, 2.45) is 0 Å². The van der Waals surface area contributed by atoms with Crippen molar-refractivity contribution in [3.63, 3.8) is 0 Å². The first kappa shape index (κ1) is 25.1. The van der Waals surface area contributed by atoms with Gasteiger partial charge in [-0.3, -0.25) is 4.79 Å². The minimum atomic E-state index is 0.0306. The van der Waals surface area contributed by atoms with Gasteiger partial charge in [-0.05, 0) is 32.1 Å². The average Bonchev–Trinajstić information content (AvgIpc) is 2.64. The van der Waals surface area contributed by atoms with Gasteiger partial charge in [-0.25, -0.2) is 0 Å². The van der Waals surface area contributed by atoms with Gasteiger partial charge in [0, 0.05) is 13.0 Å². The van der Waals surface area contributed by atoms with Crippen molar-refractivity contribution in [1.82, 2.24) is 5.32 Å². The molecule has 154 valence electrons. The van der Waals surface area contributed by atoms with Crippen molar-refractivity contribution in [3.8, 4) is 0 Å². The van der Waals surface area contributed by atoms with Gasteiger partial charge in [0.15, 0.2) is 0 Å². The zero-order valence-corrected chi connectivity index (χ0v) is 17.1. The van der Waals surface area contributed by atoms with E-state index < -0.39 is 0 Å². The van der Waals surface area contributed by atoms with Crippen LogP contribution in [0.15, 0.2) is 12.2 Å². The Morgan fingerprint density at radius 3 is 2.04 bits per heavy atom. The van der Waals surface area contributed by atoms with Crippen LogP contribution in [0.2, 0.25) is 0 Å². The summed E-state index contributed by atoms with van der Waals surface area (Å²) in [5, 5.41) is 11.4. The first-order valence-corrected chi connectivity index (χ1v) is 10.9. The summed E-state index contributed by atoms with van der Waals surface area (Å²) in [6.45, 7) is 3.63. The second-order valence-corrected chi connectivity index (χ2v) is 7.02. The molecule has 2 N–H and O–H groups in total. The summed E-state index contributed by atoms with van der Waals surface area (Å²) in [7, 11) is 0. The highest BCUT2D eigenvalue weighted by molar-refractivity contribution is 5.75. The number of hydrogen-bond donors (Lipinski definition) is 2. The number of hydrogen-bond acceptors (Lipinski definition) is 3. The number of ether oxygens (including phenoxy) is 1. The first-order valence-electron chi connectivity index (χ1n) is 10.9. The summed E-state index contributed by atoms with van der Waals surface area (Å²) in [4.78, 5) is 11.6. The summed E-state index contributed by atoms with van der Waals surface area (Å²) in [5.41, 5.74) is 0. The molecular weight excluding hydrogens is 326 g/mol. The molecule has 0 aliphatic rings. The second kappa shape index (κ2) is 22.2. The third-order valence-electron chi connectivity index (χ3n) is 4.47. The molecule has 0 spiro atoms. The number of rotatable bonds is 20. The number of aliphatic hydroxyl groups excluding tert-OH is 1. The molecule has 0 unspecified atom stereocenters. The van der Waals surface area contributed by atoms with E-state index in [1.54, 1.807) is 0 Å². The van der Waals surface area contributed by atoms with Gasteiger partial charge < -0.3 is 15.2 Å². The molecule has 0 atom stereocenters. The zero-order chi connectivity index (χ0) is 19.1. The predicted molar refractivity (Wildman–Crippen MR) is 110 cm³/mol. The van der Waals surface area contributed by atoms with E-state index in [0.717, 1.165) is 12.8 Å². The molecule has 0 aliphatic heterocycles. The Labute approximate surface area is 161 Å². The Morgan fingerprint density at radius 2 is 1.42 bits per heavy atom. The Hall–Kier alpha value is -0.870. The number of allylic oxidation sites excluding steroid dienone is 2. The molecule has 0 aromatic rings. The zero-order valence-electron chi connectivity index (χ0n) is 17.1. The van der Waals surface area contributed by atoms with Crippen LogP contribution in [0.25, 0.3) is 0 Å². The van der Waals surface area contributed by atoms with Gasteiger partial charge in [0.05, 0.1) is 19.8 Å². The monoisotopic (exact) mass is 369 g/mol. The lowest BCUT2D eigenvalue weighted by Crippen LogP contribution is -2.27. The van der Waals surface area contributed by atoms with Crippen LogP contribution in [-0.2, 0) is 9.53 Å². The lowest BCUT2D eigenvalue weighted by molar-refractivity contribution is -0.121. The van der Waals surface area contributed by atoms with Crippen molar-refractivity contribution < 1.29 is 14.6 Å². The Bertz CT molecular complexity index is 319. The van der Waals surface area contributed by atoms with Crippen molar-refractivity contribution in [3.05, 3.63) is 12.2 Å². The fourth-order valence-corrected chi connectivity index (χ4v) is 2.87. The van der Waals surface area contributed by atoms with Crippen LogP contribution in [0, 0.1) is 0 Å². The number of amides is 1. The van der Waals surface area contributed by atoms with Crippen LogP contribution in [-0.4, -0.2) is 37.4 Å². The standard InChI is InChI=1S/C22H43NO3/c1-2-3-4-5-6-7-8-9-10-11-12-13-14-15-16-17-22(25)23-18-20-26-21-19-24/h9-10,24H,2-8,11-21H2,1H3,(H,23,25). The summed E-state index contributed by atoms with van der Waals surface area (Å²) in [5.74, 6) is 0.107. The topological polar surface area (TPSA) is 58.6 Å². The summed E-state index contributed by atoms with van der Waals surface area (Å²) >= 11 is 0. The average molecular weight is 370 g/mol. The largest absolute Gasteiger partial charge is 0.394 e. The van der Waals surface area contributed by atoms with Crippen LogP contribution in [0.4, 0.5) is 0 Å². The van der Waals surface area contributed by atoms with Crippen LogP contribution in [0.3, 0.4) is 0 Å². The SMILES string of the molecule is CCCCCCCCC=CCCCCCCCC(=O)NCCOCCO. The number of nitrogens with one attached hydrogen (secondary N) is 1. The van der Waals surface area contributed by atoms with E-state index in [1.807, 2.05) is 0 Å². The van der Waals surface area contributed by atoms with E-state index in [2.05, 4.69) is 24.4 Å². The van der Waals surface area contributed by atoms with Gasteiger partial charge in [0.25, 0.3) is 0 Å². The lowest BCUT2D eigenvalue weighted by atomic mass is 10.1. The molecule has 0 aromatic heterocycles. The van der Waals surface area contributed by atoms with Gasteiger partial charge in [-0.2, -0.15) is 0 Å². The minimum Gasteiger partial charge on any atom is -0.394 e. The Morgan fingerprint density at radius 1 is 0.846 bits per heavy atom. The lowest BCUT2D eigenvalue weighted by Gasteiger charge is -2.05. The molecule has 4 heteroatoms. The number of carbonyl (C=O) groups excluding carboxylic acids is 1. The quantitative estimate of drug-likeness (QED) is 0.230. The number of carbonyl (C=O) groups is 1. The highest BCUT2D eigenvalue weighted by Gasteiger charge is 2.00. The number of aliphatic hydroxyl groups is 1. The minimum absolute atomic E-state index is 0.0306. The van der Waals surface area contributed by atoms with Gasteiger partial charge in [0.2, 0.25) is 5.91 Å². The van der Waals surface area contributed by atoms with Crippen molar-refractivity contribution in [1.29, 1.82) is 0 Å². The third kappa shape index (κ3) is 21.2. The van der Waals surface area contributed by atoms with E-state index in [0.29, 0.717) is 26.2 Å². The molecule has 0 fully saturated rings. The van der Waals surface area contributed by atoms with Crippen molar-refractivity contribution >= 4 is 5.91 Å². The molecule has 0 saturated carbocycles. The van der Waals surface area contributed by atoms with Gasteiger partial charge >= 0.3 is 0 Å². The molecule has 0 bridgehead atoms. The van der Waals surface area contributed by atoms with Gasteiger partial charge in [-0.15, -0.1) is 0 Å². The molecule has 0 aromatic carbocycles. The Kier molecular flexibility index (Phi) is 21.4. The first-order chi connectivity index (χ1) is 12.8. The molecule has 0 aliphatic carbocycles. The molecule has 0 rings (SSSR count). The summed E-state index contributed by atoms with van der Waals surface area (Å²) in [6.07, 6.45) is 21.9. The van der Waals surface area contributed by atoms with E-state index >= 15 is 0 Å². The van der Waals surface area contributed by atoms with E-state index in [1.165, 1.54) is 70.6 Å². The highest BCUT2D eigenvalue weighted by atomic mass is 16.5. The van der Waals surface area contributed by atoms with Crippen molar-refractivity contribution in [2.75, 3.05) is 26.4 Å².